The minimum Gasteiger partial charge on any atom is -0.481 e. The highest BCUT2D eigenvalue weighted by Gasteiger charge is 1.87. The Morgan fingerprint density at radius 2 is 2.21 bits per heavy atom. The maximum atomic E-state index is 12.1. The maximum Gasteiger partial charge on any atom is 0.303 e. The van der Waals surface area contributed by atoms with Crippen molar-refractivity contribution in [1.29, 1.82) is 0 Å². The van der Waals surface area contributed by atoms with Gasteiger partial charge in [-0.25, -0.2) is 4.39 Å². The van der Waals surface area contributed by atoms with Gasteiger partial charge in [0.05, 0.1) is 0 Å². The van der Waals surface area contributed by atoms with E-state index in [2.05, 4.69) is 0 Å². The molecule has 14 heavy (non-hydrogen) atoms. The average Bonchev–Trinajstić information content (AvgIpc) is 2.03. The summed E-state index contributed by atoms with van der Waals surface area (Å²) in [4.78, 5) is 9.60. The van der Waals surface area contributed by atoms with Crippen LogP contribution in [0.1, 0.15) is 19.8 Å². The fraction of sp³-hybridized carbons (Fsp3) is 0.300. The summed E-state index contributed by atoms with van der Waals surface area (Å²) in [7, 11) is 0. The molecule has 4 heteroatoms. The predicted octanol–water partition coefficient (Wildman–Crippen LogP) is 2.28. The number of nitrogen functional groups attached to an aromatic ring is 1. The molecule has 1 rings (SSSR count). The Bertz CT molecular complexity index is 272. The van der Waals surface area contributed by atoms with E-state index in [1.54, 1.807) is 12.1 Å². The van der Waals surface area contributed by atoms with Crippen molar-refractivity contribution in [2.24, 2.45) is 0 Å². The first-order valence-electron chi connectivity index (χ1n) is 4.29. The van der Waals surface area contributed by atoms with Crippen LogP contribution in [0.4, 0.5) is 10.1 Å². The average molecular weight is 199 g/mol. The second-order valence-electron chi connectivity index (χ2n) is 2.70. The normalized spacial score (nSPS) is 8.71. The van der Waals surface area contributed by atoms with Crippen molar-refractivity contribution in [3.05, 3.63) is 30.1 Å². The van der Waals surface area contributed by atoms with E-state index < -0.39 is 5.97 Å². The second kappa shape index (κ2) is 6.88. The van der Waals surface area contributed by atoms with Crippen molar-refractivity contribution >= 4 is 11.7 Å². The number of benzene rings is 1. The number of hydrogen-bond donors (Lipinski definition) is 2. The molecule has 78 valence electrons. The molecular formula is C10H14FNO2. The summed E-state index contributed by atoms with van der Waals surface area (Å²) in [6.45, 7) is 1.84. The molecule has 0 fully saturated rings. The van der Waals surface area contributed by atoms with Gasteiger partial charge in [0, 0.05) is 12.1 Å². The number of carboxylic acid groups (broad SMARTS) is 1. The van der Waals surface area contributed by atoms with Crippen LogP contribution in [-0.2, 0) is 4.79 Å². The third-order valence-electron chi connectivity index (χ3n) is 1.31. The van der Waals surface area contributed by atoms with Gasteiger partial charge in [0.1, 0.15) is 5.82 Å². The van der Waals surface area contributed by atoms with Gasteiger partial charge in [-0.05, 0) is 24.6 Å². The van der Waals surface area contributed by atoms with E-state index in [-0.39, 0.29) is 5.82 Å². The standard InChI is InChI=1S/C6H6FN.C4H8O2/c7-5-2-1-3-6(8)4-5;1-2-3-4(5)6/h1-4H,8H2;2-3H2,1H3,(H,5,6). The van der Waals surface area contributed by atoms with Crippen LogP contribution in [0.2, 0.25) is 0 Å². The molecule has 0 aliphatic carbocycles. The number of halogens is 1. The van der Waals surface area contributed by atoms with Crippen molar-refractivity contribution < 1.29 is 14.3 Å². The van der Waals surface area contributed by atoms with E-state index in [9.17, 15) is 9.18 Å². The van der Waals surface area contributed by atoms with Crippen LogP contribution in [-0.4, -0.2) is 11.1 Å². The minimum atomic E-state index is -0.711. The largest absolute Gasteiger partial charge is 0.481 e. The Hall–Kier alpha value is -1.58. The van der Waals surface area contributed by atoms with Gasteiger partial charge < -0.3 is 10.8 Å². The van der Waals surface area contributed by atoms with Crippen LogP contribution < -0.4 is 5.73 Å². The number of aliphatic carboxylic acids is 1. The molecule has 0 bridgehead atoms. The van der Waals surface area contributed by atoms with Gasteiger partial charge in [-0.2, -0.15) is 0 Å². The highest BCUT2D eigenvalue weighted by molar-refractivity contribution is 5.66. The maximum absolute atomic E-state index is 12.1. The van der Waals surface area contributed by atoms with Crippen LogP contribution in [0.3, 0.4) is 0 Å². The van der Waals surface area contributed by atoms with Crippen molar-refractivity contribution in [3.63, 3.8) is 0 Å². The van der Waals surface area contributed by atoms with Gasteiger partial charge in [0.25, 0.3) is 0 Å². The number of nitrogens with two attached hydrogens (primary N) is 1. The summed E-state index contributed by atoms with van der Waals surface area (Å²) in [5.41, 5.74) is 5.68. The topological polar surface area (TPSA) is 63.3 Å². The Morgan fingerprint density at radius 3 is 2.43 bits per heavy atom. The van der Waals surface area contributed by atoms with E-state index in [4.69, 9.17) is 10.8 Å². The van der Waals surface area contributed by atoms with Crippen molar-refractivity contribution in [3.8, 4) is 0 Å². The number of rotatable bonds is 2. The van der Waals surface area contributed by atoms with Gasteiger partial charge >= 0.3 is 5.97 Å². The predicted molar refractivity (Wildman–Crippen MR) is 53.4 cm³/mol. The molecule has 0 heterocycles. The van der Waals surface area contributed by atoms with Crippen molar-refractivity contribution in [1.82, 2.24) is 0 Å². The molecule has 0 amide bonds. The van der Waals surface area contributed by atoms with E-state index in [1.165, 1.54) is 12.1 Å². The van der Waals surface area contributed by atoms with E-state index in [1.807, 2.05) is 6.92 Å². The highest BCUT2D eigenvalue weighted by atomic mass is 19.1. The molecule has 1 aromatic rings. The lowest BCUT2D eigenvalue weighted by Gasteiger charge is -1.88. The fourth-order valence-electron chi connectivity index (χ4n) is 0.720. The third kappa shape index (κ3) is 7.09. The number of hydrogen-bond acceptors (Lipinski definition) is 2. The second-order valence-corrected chi connectivity index (χ2v) is 2.70. The molecule has 1 aromatic carbocycles. The molecule has 3 N–H and O–H groups in total. The first-order chi connectivity index (χ1) is 6.56. The summed E-state index contributed by atoms with van der Waals surface area (Å²) in [6, 6.07) is 5.85. The summed E-state index contributed by atoms with van der Waals surface area (Å²) >= 11 is 0. The quantitative estimate of drug-likeness (QED) is 0.718. The van der Waals surface area contributed by atoms with Gasteiger partial charge in [-0.15, -0.1) is 0 Å². The monoisotopic (exact) mass is 199 g/mol. The fourth-order valence-corrected chi connectivity index (χ4v) is 0.720. The van der Waals surface area contributed by atoms with Gasteiger partial charge in [-0.1, -0.05) is 13.0 Å². The molecule has 0 atom stereocenters. The Morgan fingerprint density at radius 1 is 1.57 bits per heavy atom. The number of anilines is 1. The zero-order valence-corrected chi connectivity index (χ0v) is 8.03. The smallest absolute Gasteiger partial charge is 0.303 e. The highest BCUT2D eigenvalue weighted by Crippen LogP contribution is 2.02. The van der Waals surface area contributed by atoms with Gasteiger partial charge in [0.15, 0.2) is 0 Å². The number of carboxylic acids is 1. The Kier molecular flexibility index (Phi) is 6.11. The summed E-state index contributed by atoms with van der Waals surface area (Å²) in [6.07, 6.45) is 1.02. The third-order valence-corrected chi connectivity index (χ3v) is 1.31. The van der Waals surface area contributed by atoms with E-state index >= 15 is 0 Å². The molecule has 0 aromatic heterocycles. The van der Waals surface area contributed by atoms with Crippen molar-refractivity contribution in [2.45, 2.75) is 19.8 Å². The molecule has 3 nitrogen and oxygen atoms in total. The van der Waals surface area contributed by atoms with Crippen LogP contribution in [0, 0.1) is 5.82 Å². The number of carbonyl (C=O) groups is 1. The molecule has 0 unspecified atom stereocenters. The van der Waals surface area contributed by atoms with Crippen LogP contribution in [0.5, 0.6) is 0 Å². The first-order valence-corrected chi connectivity index (χ1v) is 4.29. The molecular weight excluding hydrogens is 185 g/mol. The summed E-state index contributed by atoms with van der Waals surface area (Å²) in [5, 5.41) is 7.91. The molecule has 0 radical (unpaired) electrons. The Balaban J connectivity index is 0.000000255. The molecule has 0 saturated heterocycles. The summed E-state index contributed by atoms with van der Waals surface area (Å²) in [5.74, 6) is -0.998. The lowest BCUT2D eigenvalue weighted by atomic mass is 10.3. The SMILES string of the molecule is CCCC(=O)O.Nc1cccc(F)c1. The molecule has 0 saturated carbocycles. The first kappa shape index (κ1) is 12.4. The molecule has 0 aliphatic rings. The zero-order valence-electron chi connectivity index (χ0n) is 8.03. The lowest BCUT2D eigenvalue weighted by Crippen LogP contribution is -1.90. The Labute approximate surface area is 82.4 Å². The van der Waals surface area contributed by atoms with Crippen LogP contribution >= 0.6 is 0 Å². The van der Waals surface area contributed by atoms with E-state index in [0.29, 0.717) is 12.1 Å². The summed E-state index contributed by atoms with van der Waals surface area (Å²) < 4.78 is 12.1. The zero-order chi connectivity index (χ0) is 11.0. The van der Waals surface area contributed by atoms with Gasteiger partial charge in [0.2, 0.25) is 0 Å². The van der Waals surface area contributed by atoms with Crippen molar-refractivity contribution in [2.75, 3.05) is 5.73 Å². The van der Waals surface area contributed by atoms with E-state index in [0.717, 1.165) is 6.42 Å². The van der Waals surface area contributed by atoms with Crippen LogP contribution in [0.15, 0.2) is 24.3 Å². The molecule has 0 aliphatic heterocycles. The molecule has 0 spiro atoms. The lowest BCUT2D eigenvalue weighted by molar-refractivity contribution is -0.137. The minimum absolute atomic E-state index is 0.287. The van der Waals surface area contributed by atoms with Gasteiger partial charge in [-0.3, -0.25) is 4.79 Å². The van der Waals surface area contributed by atoms with Crippen LogP contribution in [0.25, 0.3) is 0 Å².